The lowest BCUT2D eigenvalue weighted by molar-refractivity contribution is -0.383. The number of nitro groups is 1. The van der Waals surface area contributed by atoms with Crippen molar-refractivity contribution < 1.29 is 9.72 Å². The zero-order valence-corrected chi connectivity index (χ0v) is 15.1. The number of aromatic nitrogens is 2. The Kier molecular flexibility index (Phi) is 4.17. The Morgan fingerprint density at radius 1 is 1.15 bits per heavy atom. The van der Waals surface area contributed by atoms with E-state index in [1.807, 2.05) is 37.3 Å². The van der Waals surface area contributed by atoms with E-state index < -0.39 is 4.92 Å². The second-order valence-corrected chi connectivity index (χ2v) is 6.92. The van der Waals surface area contributed by atoms with Crippen LogP contribution in [0.5, 0.6) is 0 Å². The quantitative estimate of drug-likeness (QED) is 0.416. The van der Waals surface area contributed by atoms with Crippen LogP contribution in [0.15, 0.2) is 60.7 Å². The molecule has 4 rings (SSSR count). The third-order valence-corrected chi connectivity index (χ3v) is 5.23. The van der Waals surface area contributed by atoms with Crippen molar-refractivity contribution in [3.63, 3.8) is 0 Å². The number of anilines is 1. The second kappa shape index (κ2) is 6.65. The summed E-state index contributed by atoms with van der Waals surface area (Å²) in [5.74, 6) is -0.385. The van der Waals surface area contributed by atoms with Gasteiger partial charge in [0.2, 0.25) is 0 Å². The Morgan fingerprint density at radius 3 is 2.59 bits per heavy atom. The van der Waals surface area contributed by atoms with Crippen LogP contribution in [-0.4, -0.2) is 20.6 Å². The molecule has 4 aromatic rings. The number of para-hydroxylation sites is 3. The maximum Gasteiger partial charge on any atom is 0.292 e. The topological polar surface area (TPSA) is 90.1 Å². The van der Waals surface area contributed by atoms with Gasteiger partial charge in [-0.1, -0.05) is 30.3 Å². The molecule has 2 heterocycles. The molecule has 0 unspecified atom stereocenters. The summed E-state index contributed by atoms with van der Waals surface area (Å²) in [7, 11) is 0. The van der Waals surface area contributed by atoms with E-state index in [1.165, 1.54) is 23.5 Å². The van der Waals surface area contributed by atoms with E-state index in [4.69, 9.17) is 0 Å². The Morgan fingerprint density at radius 2 is 1.85 bits per heavy atom. The fourth-order valence-electron chi connectivity index (χ4n) is 2.83. The molecule has 27 heavy (non-hydrogen) atoms. The number of benzene rings is 2. The number of rotatable bonds is 4. The van der Waals surface area contributed by atoms with Crippen LogP contribution in [0, 0.1) is 17.0 Å². The predicted molar refractivity (Wildman–Crippen MR) is 105 cm³/mol. The first kappa shape index (κ1) is 16.9. The van der Waals surface area contributed by atoms with Gasteiger partial charge in [0.1, 0.15) is 10.5 Å². The summed E-state index contributed by atoms with van der Waals surface area (Å²) < 4.78 is 1.80. The number of thiophene rings is 1. The van der Waals surface area contributed by atoms with Crippen molar-refractivity contribution in [1.29, 1.82) is 0 Å². The minimum Gasteiger partial charge on any atom is -0.316 e. The van der Waals surface area contributed by atoms with E-state index in [0.29, 0.717) is 4.88 Å². The fourth-order valence-corrected chi connectivity index (χ4v) is 3.90. The largest absolute Gasteiger partial charge is 0.316 e. The number of nitrogens with zero attached hydrogens (tertiary/aromatic N) is 3. The summed E-state index contributed by atoms with van der Waals surface area (Å²) in [6.45, 7) is 1.89. The van der Waals surface area contributed by atoms with Gasteiger partial charge in [0.05, 0.1) is 21.2 Å². The van der Waals surface area contributed by atoms with E-state index in [9.17, 15) is 14.9 Å². The molecule has 0 saturated carbocycles. The molecular formula is C19H14N4O3S. The van der Waals surface area contributed by atoms with Crippen LogP contribution < -0.4 is 5.32 Å². The number of aryl methyl sites for hydroxylation is 1. The van der Waals surface area contributed by atoms with E-state index >= 15 is 0 Å². The molecule has 0 atom stereocenters. The SMILES string of the molecule is Cc1nn(-c2ccccc2)c2sc(C(=O)Nc3ccccc3[N+](=O)[O-])cc12. The Hall–Kier alpha value is -3.52. The first-order chi connectivity index (χ1) is 13.0. The van der Waals surface area contributed by atoms with Gasteiger partial charge in [-0.15, -0.1) is 11.3 Å². The van der Waals surface area contributed by atoms with Crippen molar-refractivity contribution in [2.24, 2.45) is 0 Å². The Bertz CT molecular complexity index is 1160. The van der Waals surface area contributed by atoms with Crippen molar-refractivity contribution in [3.05, 3.63) is 81.3 Å². The van der Waals surface area contributed by atoms with Crippen molar-refractivity contribution in [1.82, 2.24) is 9.78 Å². The first-order valence-corrected chi connectivity index (χ1v) is 8.95. The maximum absolute atomic E-state index is 12.7. The van der Waals surface area contributed by atoms with Crippen LogP contribution in [0.25, 0.3) is 15.9 Å². The molecule has 0 fully saturated rings. The lowest BCUT2D eigenvalue weighted by Crippen LogP contribution is -2.11. The molecule has 1 N–H and O–H groups in total. The third-order valence-electron chi connectivity index (χ3n) is 4.12. The van der Waals surface area contributed by atoms with E-state index in [0.717, 1.165) is 21.6 Å². The Balaban J connectivity index is 1.71. The van der Waals surface area contributed by atoms with E-state index in [2.05, 4.69) is 10.4 Å². The van der Waals surface area contributed by atoms with Gasteiger partial charge in [0.25, 0.3) is 11.6 Å². The summed E-state index contributed by atoms with van der Waals surface area (Å²) >= 11 is 1.30. The van der Waals surface area contributed by atoms with Gasteiger partial charge < -0.3 is 5.32 Å². The molecule has 0 aliphatic heterocycles. The molecule has 0 radical (unpaired) electrons. The van der Waals surface area contributed by atoms with Crippen molar-refractivity contribution in [2.45, 2.75) is 6.92 Å². The standard InChI is InChI=1S/C19H14N4O3S/c1-12-14-11-17(18(24)20-15-9-5-6-10-16(15)23(25)26)27-19(14)22(21-12)13-7-3-2-4-8-13/h2-11H,1H3,(H,20,24). The highest BCUT2D eigenvalue weighted by atomic mass is 32.1. The van der Waals surface area contributed by atoms with Gasteiger partial charge >= 0.3 is 0 Å². The normalized spacial score (nSPS) is 10.9. The molecule has 2 aromatic carbocycles. The lowest BCUT2D eigenvalue weighted by Gasteiger charge is -2.04. The van der Waals surface area contributed by atoms with Crippen LogP contribution in [0.2, 0.25) is 0 Å². The summed E-state index contributed by atoms with van der Waals surface area (Å²) in [5.41, 5.74) is 1.75. The fraction of sp³-hybridized carbons (Fsp3) is 0.0526. The smallest absolute Gasteiger partial charge is 0.292 e. The molecule has 0 bridgehead atoms. The molecule has 2 aromatic heterocycles. The van der Waals surface area contributed by atoms with Crippen molar-refractivity contribution in [3.8, 4) is 5.69 Å². The molecule has 134 valence electrons. The minimum absolute atomic E-state index is 0.140. The number of nitrogens with one attached hydrogen (secondary N) is 1. The summed E-state index contributed by atoms with van der Waals surface area (Å²) in [6, 6.07) is 17.5. The van der Waals surface area contributed by atoms with Crippen LogP contribution in [0.1, 0.15) is 15.4 Å². The monoisotopic (exact) mass is 378 g/mol. The first-order valence-electron chi connectivity index (χ1n) is 8.14. The molecule has 1 amide bonds. The van der Waals surface area contributed by atoms with Crippen LogP contribution in [0.4, 0.5) is 11.4 Å². The van der Waals surface area contributed by atoms with Gasteiger partial charge in [-0.2, -0.15) is 5.10 Å². The average Bonchev–Trinajstić information content (AvgIpc) is 3.23. The second-order valence-electron chi connectivity index (χ2n) is 5.89. The molecule has 0 aliphatic rings. The minimum atomic E-state index is -0.516. The third kappa shape index (κ3) is 3.06. The van der Waals surface area contributed by atoms with Crippen LogP contribution in [-0.2, 0) is 0 Å². The number of amides is 1. The van der Waals surface area contributed by atoms with Gasteiger partial charge in [-0.3, -0.25) is 14.9 Å². The lowest BCUT2D eigenvalue weighted by atomic mass is 10.2. The zero-order valence-electron chi connectivity index (χ0n) is 14.2. The number of hydrogen-bond donors (Lipinski definition) is 1. The average molecular weight is 378 g/mol. The Labute approximate surface area is 158 Å². The molecule has 0 saturated heterocycles. The van der Waals surface area contributed by atoms with Crippen LogP contribution in [0.3, 0.4) is 0 Å². The number of nitro benzene ring substituents is 1. The highest BCUT2D eigenvalue weighted by Crippen LogP contribution is 2.31. The van der Waals surface area contributed by atoms with Gasteiger partial charge in [0.15, 0.2) is 0 Å². The molecule has 7 nitrogen and oxygen atoms in total. The van der Waals surface area contributed by atoms with Crippen molar-refractivity contribution >= 4 is 38.8 Å². The maximum atomic E-state index is 12.7. The number of carbonyl (C=O) groups excluding carboxylic acids is 1. The zero-order chi connectivity index (χ0) is 19.0. The van der Waals surface area contributed by atoms with Gasteiger partial charge in [-0.05, 0) is 31.2 Å². The summed E-state index contributed by atoms with van der Waals surface area (Å²) in [6.07, 6.45) is 0. The molecule has 8 heteroatoms. The van der Waals surface area contributed by atoms with E-state index in [-0.39, 0.29) is 17.3 Å². The van der Waals surface area contributed by atoms with Gasteiger partial charge in [0, 0.05) is 11.5 Å². The van der Waals surface area contributed by atoms with E-state index in [1.54, 1.807) is 22.9 Å². The number of hydrogen-bond acceptors (Lipinski definition) is 5. The molecule has 0 spiro atoms. The highest BCUT2D eigenvalue weighted by Gasteiger charge is 2.20. The van der Waals surface area contributed by atoms with Crippen molar-refractivity contribution in [2.75, 3.05) is 5.32 Å². The number of fused-ring (bicyclic) bond motifs is 1. The van der Waals surface area contributed by atoms with Gasteiger partial charge in [-0.25, -0.2) is 4.68 Å². The number of carbonyl (C=O) groups is 1. The molecule has 0 aliphatic carbocycles. The summed E-state index contributed by atoms with van der Waals surface area (Å²) in [4.78, 5) is 24.6. The molecular weight excluding hydrogens is 364 g/mol. The predicted octanol–water partition coefficient (Wildman–Crippen LogP) is 4.56. The van der Waals surface area contributed by atoms with Crippen LogP contribution >= 0.6 is 11.3 Å². The highest BCUT2D eigenvalue weighted by molar-refractivity contribution is 7.20. The summed E-state index contributed by atoms with van der Waals surface area (Å²) in [5, 5.41) is 19.2.